The number of carboxylic acid groups (broad SMARTS) is 1. The average molecular weight is 366 g/mol. The summed E-state index contributed by atoms with van der Waals surface area (Å²) in [6.45, 7) is 4.31. The first-order valence-corrected chi connectivity index (χ1v) is 8.64. The van der Waals surface area contributed by atoms with E-state index in [1.807, 2.05) is 44.2 Å². The molecule has 0 spiro atoms. The van der Waals surface area contributed by atoms with Crippen LogP contribution in [-0.2, 0) is 17.8 Å². The van der Waals surface area contributed by atoms with E-state index in [0.717, 1.165) is 22.6 Å². The SMILES string of the molecule is COc1cc(OCc2cc(-c3ccc(C)cc3)oc2C)ccc1CC(=O)O. The zero-order valence-corrected chi connectivity index (χ0v) is 15.6. The Bertz CT molecular complexity index is 938. The molecule has 1 aromatic heterocycles. The Morgan fingerprint density at radius 1 is 1.04 bits per heavy atom. The van der Waals surface area contributed by atoms with Crippen LogP contribution in [0.25, 0.3) is 11.3 Å². The molecule has 0 bridgehead atoms. The lowest BCUT2D eigenvalue weighted by molar-refractivity contribution is -0.136. The highest BCUT2D eigenvalue weighted by molar-refractivity contribution is 5.71. The van der Waals surface area contributed by atoms with Crippen LogP contribution in [0, 0.1) is 13.8 Å². The number of carbonyl (C=O) groups is 1. The van der Waals surface area contributed by atoms with Gasteiger partial charge in [0.1, 0.15) is 29.6 Å². The third-order valence-corrected chi connectivity index (χ3v) is 4.35. The molecule has 3 rings (SSSR count). The van der Waals surface area contributed by atoms with Gasteiger partial charge in [0, 0.05) is 22.8 Å². The Morgan fingerprint density at radius 3 is 2.44 bits per heavy atom. The standard InChI is InChI=1S/C22H22O5/c1-14-4-6-16(7-5-14)21-10-18(15(2)27-21)13-26-19-9-8-17(11-22(23)24)20(12-19)25-3/h4-10,12H,11,13H2,1-3H3,(H,23,24). The third kappa shape index (κ3) is 4.50. The van der Waals surface area contributed by atoms with E-state index in [1.54, 1.807) is 18.2 Å². The van der Waals surface area contributed by atoms with Crippen LogP contribution < -0.4 is 9.47 Å². The van der Waals surface area contributed by atoms with Crippen LogP contribution in [-0.4, -0.2) is 18.2 Å². The van der Waals surface area contributed by atoms with E-state index in [0.29, 0.717) is 23.7 Å². The maximum absolute atomic E-state index is 10.9. The van der Waals surface area contributed by atoms with Crippen molar-refractivity contribution < 1.29 is 23.8 Å². The van der Waals surface area contributed by atoms with Gasteiger partial charge in [-0.1, -0.05) is 35.9 Å². The van der Waals surface area contributed by atoms with E-state index in [9.17, 15) is 4.79 Å². The number of methoxy groups -OCH3 is 1. The van der Waals surface area contributed by atoms with Gasteiger partial charge in [-0.15, -0.1) is 0 Å². The summed E-state index contributed by atoms with van der Waals surface area (Å²) >= 11 is 0. The van der Waals surface area contributed by atoms with Crippen molar-refractivity contribution in [2.75, 3.05) is 7.11 Å². The second-order valence-electron chi connectivity index (χ2n) is 6.39. The molecule has 0 aliphatic carbocycles. The van der Waals surface area contributed by atoms with Crippen LogP contribution in [0.1, 0.15) is 22.5 Å². The fraction of sp³-hybridized carbons (Fsp3) is 0.227. The molecule has 27 heavy (non-hydrogen) atoms. The lowest BCUT2D eigenvalue weighted by Crippen LogP contribution is -2.03. The molecule has 0 aliphatic heterocycles. The first kappa shape index (κ1) is 18.6. The second kappa shape index (κ2) is 7.99. The highest BCUT2D eigenvalue weighted by Crippen LogP contribution is 2.29. The predicted molar refractivity (Wildman–Crippen MR) is 102 cm³/mol. The third-order valence-electron chi connectivity index (χ3n) is 4.35. The van der Waals surface area contributed by atoms with Crippen LogP contribution in [0.15, 0.2) is 52.9 Å². The first-order valence-electron chi connectivity index (χ1n) is 8.64. The lowest BCUT2D eigenvalue weighted by atomic mass is 10.1. The van der Waals surface area contributed by atoms with Gasteiger partial charge in [-0.05, 0) is 26.0 Å². The molecule has 0 fully saturated rings. The van der Waals surface area contributed by atoms with Gasteiger partial charge in [-0.2, -0.15) is 0 Å². The highest BCUT2D eigenvalue weighted by Gasteiger charge is 2.12. The summed E-state index contributed by atoms with van der Waals surface area (Å²) in [5, 5.41) is 8.95. The molecule has 0 aliphatic rings. The Kier molecular flexibility index (Phi) is 5.50. The van der Waals surface area contributed by atoms with Crippen LogP contribution >= 0.6 is 0 Å². The first-order chi connectivity index (χ1) is 13.0. The summed E-state index contributed by atoms with van der Waals surface area (Å²) in [5.41, 5.74) is 3.79. The van der Waals surface area contributed by atoms with Gasteiger partial charge in [0.15, 0.2) is 0 Å². The predicted octanol–water partition coefficient (Wildman–Crippen LogP) is 4.78. The maximum atomic E-state index is 10.9. The van der Waals surface area contributed by atoms with Crippen LogP contribution in [0.2, 0.25) is 0 Å². The fourth-order valence-electron chi connectivity index (χ4n) is 2.81. The number of rotatable bonds is 7. The Balaban J connectivity index is 1.73. The van der Waals surface area contributed by atoms with E-state index in [2.05, 4.69) is 0 Å². The van der Waals surface area contributed by atoms with Gasteiger partial charge < -0.3 is 19.0 Å². The van der Waals surface area contributed by atoms with Gasteiger partial charge in [0.2, 0.25) is 0 Å². The summed E-state index contributed by atoms with van der Waals surface area (Å²) in [6, 6.07) is 15.3. The number of aliphatic carboxylic acids is 1. The van der Waals surface area contributed by atoms with Crippen molar-refractivity contribution in [1.82, 2.24) is 0 Å². The van der Waals surface area contributed by atoms with Gasteiger partial charge >= 0.3 is 5.97 Å². The Labute approximate surface area is 158 Å². The quantitative estimate of drug-likeness (QED) is 0.652. The molecule has 0 saturated heterocycles. The molecule has 0 saturated carbocycles. The molecule has 0 radical (unpaired) electrons. The van der Waals surface area contributed by atoms with E-state index < -0.39 is 5.97 Å². The Morgan fingerprint density at radius 2 is 1.78 bits per heavy atom. The number of benzene rings is 2. The van der Waals surface area contributed by atoms with Gasteiger partial charge in [-0.3, -0.25) is 4.79 Å². The normalized spacial score (nSPS) is 10.6. The number of aryl methyl sites for hydroxylation is 2. The fourth-order valence-corrected chi connectivity index (χ4v) is 2.81. The molecule has 2 aromatic carbocycles. The van der Waals surface area contributed by atoms with Crippen molar-refractivity contribution in [1.29, 1.82) is 0 Å². The van der Waals surface area contributed by atoms with Crippen LogP contribution in [0.3, 0.4) is 0 Å². The zero-order chi connectivity index (χ0) is 19.4. The minimum absolute atomic E-state index is 0.0931. The molecule has 0 unspecified atom stereocenters. The minimum Gasteiger partial charge on any atom is -0.496 e. The molecule has 5 heteroatoms. The summed E-state index contributed by atoms with van der Waals surface area (Å²) < 4.78 is 17.0. The number of hydrogen-bond acceptors (Lipinski definition) is 4. The van der Waals surface area contributed by atoms with Crippen LogP contribution in [0.5, 0.6) is 11.5 Å². The zero-order valence-electron chi connectivity index (χ0n) is 15.6. The molecule has 3 aromatic rings. The van der Waals surface area contributed by atoms with Crippen molar-refractivity contribution in [3.8, 4) is 22.8 Å². The van der Waals surface area contributed by atoms with Gasteiger partial charge in [-0.25, -0.2) is 0 Å². The molecule has 1 heterocycles. The van der Waals surface area contributed by atoms with E-state index in [1.165, 1.54) is 12.7 Å². The number of carboxylic acids is 1. The van der Waals surface area contributed by atoms with E-state index in [-0.39, 0.29) is 6.42 Å². The van der Waals surface area contributed by atoms with Crippen molar-refractivity contribution in [2.45, 2.75) is 26.9 Å². The van der Waals surface area contributed by atoms with E-state index in [4.69, 9.17) is 19.0 Å². The number of ether oxygens (including phenoxy) is 2. The monoisotopic (exact) mass is 366 g/mol. The smallest absolute Gasteiger partial charge is 0.307 e. The molecule has 5 nitrogen and oxygen atoms in total. The summed E-state index contributed by atoms with van der Waals surface area (Å²) in [5.74, 6) is 1.82. The van der Waals surface area contributed by atoms with E-state index >= 15 is 0 Å². The maximum Gasteiger partial charge on any atom is 0.307 e. The minimum atomic E-state index is -0.903. The molecule has 140 valence electrons. The number of hydrogen-bond donors (Lipinski definition) is 1. The number of furan rings is 1. The van der Waals surface area contributed by atoms with Gasteiger partial charge in [0.05, 0.1) is 13.5 Å². The summed E-state index contributed by atoms with van der Waals surface area (Å²) in [7, 11) is 1.51. The Hall–Kier alpha value is -3.21. The summed E-state index contributed by atoms with van der Waals surface area (Å²) in [4.78, 5) is 10.9. The topological polar surface area (TPSA) is 68.9 Å². The largest absolute Gasteiger partial charge is 0.496 e. The molecule has 0 amide bonds. The molecular weight excluding hydrogens is 344 g/mol. The molecule has 0 atom stereocenters. The van der Waals surface area contributed by atoms with Crippen molar-refractivity contribution in [3.05, 3.63) is 71.0 Å². The van der Waals surface area contributed by atoms with Gasteiger partial charge in [0.25, 0.3) is 0 Å². The van der Waals surface area contributed by atoms with Crippen molar-refractivity contribution in [2.24, 2.45) is 0 Å². The molecular formula is C22H22O5. The molecule has 1 N–H and O–H groups in total. The summed E-state index contributed by atoms with van der Waals surface area (Å²) in [6.07, 6.45) is -0.0931. The lowest BCUT2D eigenvalue weighted by Gasteiger charge is -2.10. The second-order valence-corrected chi connectivity index (χ2v) is 6.39. The highest BCUT2D eigenvalue weighted by atomic mass is 16.5. The average Bonchev–Trinajstić information content (AvgIpc) is 3.01. The van der Waals surface area contributed by atoms with Crippen molar-refractivity contribution >= 4 is 5.97 Å². The van der Waals surface area contributed by atoms with Crippen LogP contribution in [0.4, 0.5) is 0 Å². The van der Waals surface area contributed by atoms with Crippen molar-refractivity contribution in [3.63, 3.8) is 0 Å².